The number of furan rings is 1. The number of aryl methyl sites for hydroxylation is 4. The highest BCUT2D eigenvalue weighted by Gasteiger charge is 2.21. The van der Waals surface area contributed by atoms with Crippen LogP contribution in [0.15, 0.2) is 47.0 Å². The van der Waals surface area contributed by atoms with Gasteiger partial charge >= 0.3 is 0 Å². The molecular formula is C22H19N2O+. The standard InChI is InChI=1S/C22H19N2O/c1-13-6-8-18-17-9-7-16(23-4)11-20(17)25-22(18)21(13)19-10-14(2)15(3)12-24(19)5/h6-12H,1-3,5H3/q+1. The molecule has 0 saturated heterocycles. The minimum absolute atomic E-state index is 0.599. The van der Waals surface area contributed by atoms with E-state index in [1.165, 1.54) is 16.7 Å². The van der Waals surface area contributed by atoms with Gasteiger partial charge in [-0.05, 0) is 38.0 Å². The fourth-order valence-corrected chi connectivity index (χ4v) is 3.45. The molecule has 25 heavy (non-hydrogen) atoms. The summed E-state index contributed by atoms with van der Waals surface area (Å²) in [5.41, 5.74) is 8.20. The molecular weight excluding hydrogens is 308 g/mol. The first-order valence-corrected chi connectivity index (χ1v) is 8.30. The molecule has 0 saturated carbocycles. The van der Waals surface area contributed by atoms with Crippen LogP contribution in [-0.4, -0.2) is 0 Å². The maximum Gasteiger partial charge on any atom is 0.216 e. The van der Waals surface area contributed by atoms with Crippen LogP contribution in [0.25, 0.3) is 38.0 Å². The second-order valence-corrected chi connectivity index (χ2v) is 6.66. The normalized spacial score (nSPS) is 11.2. The molecule has 122 valence electrons. The number of nitrogens with zero attached hydrogens (tertiary/aromatic N) is 2. The smallest absolute Gasteiger partial charge is 0.216 e. The van der Waals surface area contributed by atoms with E-state index < -0.39 is 0 Å². The predicted octanol–water partition coefficient (Wildman–Crippen LogP) is 5.55. The van der Waals surface area contributed by atoms with Crippen LogP contribution in [-0.2, 0) is 7.05 Å². The molecule has 2 aromatic heterocycles. The molecule has 0 bridgehead atoms. The van der Waals surface area contributed by atoms with Gasteiger partial charge in [0.2, 0.25) is 5.69 Å². The lowest BCUT2D eigenvalue weighted by molar-refractivity contribution is -0.660. The number of hydrogen-bond donors (Lipinski definition) is 0. The highest BCUT2D eigenvalue weighted by Crippen LogP contribution is 2.38. The molecule has 0 radical (unpaired) electrons. The Morgan fingerprint density at radius 1 is 0.920 bits per heavy atom. The molecule has 4 rings (SSSR count). The summed E-state index contributed by atoms with van der Waals surface area (Å²) in [6, 6.07) is 12.1. The second-order valence-electron chi connectivity index (χ2n) is 6.66. The van der Waals surface area contributed by atoms with Crippen molar-refractivity contribution in [2.24, 2.45) is 7.05 Å². The Bertz CT molecular complexity index is 1190. The van der Waals surface area contributed by atoms with Gasteiger partial charge in [0.25, 0.3) is 0 Å². The maximum atomic E-state index is 7.22. The SMILES string of the molecule is [C-]#[N+]c1ccc2c(c1)oc1c(-c3cc(C)c(C)c[n+]3C)c(C)ccc12. The first-order chi connectivity index (χ1) is 12.0. The van der Waals surface area contributed by atoms with E-state index in [4.69, 9.17) is 11.0 Å². The number of aromatic nitrogens is 1. The zero-order valence-corrected chi connectivity index (χ0v) is 14.8. The van der Waals surface area contributed by atoms with Gasteiger partial charge < -0.3 is 4.42 Å². The van der Waals surface area contributed by atoms with Crippen LogP contribution in [0, 0.1) is 27.3 Å². The summed E-state index contributed by atoms with van der Waals surface area (Å²) in [4.78, 5) is 3.51. The summed E-state index contributed by atoms with van der Waals surface area (Å²) in [6.45, 7) is 13.6. The van der Waals surface area contributed by atoms with Crippen molar-refractivity contribution in [3.8, 4) is 11.3 Å². The zero-order chi connectivity index (χ0) is 17.7. The van der Waals surface area contributed by atoms with Crippen molar-refractivity contribution in [3.05, 3.63) is 70.7 Å². The van der Waals surface area contributed by atoms with Gasteiger partial charge in [0.1, 0.15) is 18.2 Å². The Balaban J connectivity index is 2.12. The van der Waals surface area contributed by atoms with Crippen molar-refractivity contribution in [2.75, 3.05) is 0 Å². The average molecular weight is 327 g/mol. The van der Waals surface area contributed by atoms with Gasteiger partial charge in [0, 0.05) is 22.4 Å². The molecule has 3 heteroatoms. The summed E-state index contributed by atoms with van der Waals surface area (Å²) in [5.74, 6) is 0. The molecule has 0 N–H and O–H groups in total. The van der Waals surface area contributed by atoms with Gasteiger partial charge in [-0.15, -0.1) is 0 Å². The highest BCUT2D eigenvalue weighted by atomic mass is 16.3. The summed E-state index contributed by atoms with van der Waals surface area (Å²) in [7, 11) is 2.07. The Hall–Kier alpha value is -3.12. The number of benzene rings is 2. The minimum atomic E-state index is 0.599. The molecule has 3 nitrogen and oxygen atoms in total. The lowest BCUT2D eigenvalue weighted by Crippen LogP contribution is -2.31. The van der Waals surface area contributed by atoms with Gasteiger partial charge in [0.05, 0.1) is 12.1 Å². The zero-order valence-electron chi connectivity index (χ0n) is 14.8. The van der Waals surface area contributed by atoms with Crippen LogP contribution in [0.5, 0.6) is 0 Å². The molecule has 0 aliphatic rings. The van der Waals surface area contributed by atoms with Crippen LogP contribution in [0.2, 0.25) is 0 Å². The van der Waals surface area contributed by atoms with E-state index in [9.17, 15) is 0 Å². The van der Waals surface area contributed by atoms with Gasteiger partial charge in [0.15, 0.2) is 11.9 Å². The average Bonchev–Trinajstić information content (AvgIpc) is 2.96. The first kappa shape index (κ1) is 15.4. The minimum Gasteiger partial charge on any atom is -0.456 e. The fraction of sp³-hybridized carbons (Fsp3) is 0.182. The van der Waals surface area contributed by atoms with E-state index >= 15 is 0 Å². The summed E-state index contributed by atoms with van der Waals surface area (Å²) < 4.78 is 8.38. The number of pyridine rings is 1. The van der Waals surface area contributed by atoms with Gasteiger partial charge in [-0.1, -0.05) is 24.3 Å². The van der Waals surface area contributed by atoms with Crippen LogP contribution < -0.4 is 4.57 Å². The molecule has 2 heterocycles. The lowest BCUT2D eigenvalue weighted by atomic mass is 9.99. The first-order valence-electron chi connectivity index (χ1n) is 8.30. The van der Waals surface area contributed by atoms with Crippen LogP contribution in [0.3, 0.4) is 0 Å². The van der Waals surface area contributed by atoms with E-state index in [1.807, 2.05) is 18.2 Å². The van der Waals surface area contributed by atoms with E-state index in [0.29, 0.717) is 5.69 Å². The number of fused-ring (bicyclic) bond motifs is 3. The van der Waals surface area contributed by atoms with Crippen LogP contribution >= 0.6 is 0 Å². The topological polar surface area (TPSA) is 21.4 Å². The largest absolute Gasteiger partial charge is 0.456 e. The van der Waals surface area contributed by atoms with Gasteiger partial charge in [-0.2, -0.15) is 0 Å². The molecule has 4 aromatic rings. The van der Waals surface area contributed by atoms with E-state index in [-0.39, 0.29) is 0 Å². The quantitative estimate of drug-likeness (QED) is 0.331. The van der Waals surface area contributed by atoms with E-state index in [2.05, 4.69) is 61.6 Å². The Morgan fingerprint density at radius 3 is 2.44 bits per heavy atom. The van der Waals surface area contributed by atoms with E-state index in [0.717, 1.165) is 33.2 Å². The van der Waals surface area contributed by atoms with Crippen molar-refractivity contribution < 1.29 is 8.98 Å². The monoisotopic (exact) mass is 327 g/mol. The van der Waals surface area contributed by atoms with Gasteiger partial charge in [-0.25, -0.2) is 9.41 Å². The van der Waals surface area contributed by atoms with Crippen molar-refractivity contribution in [2.45, 2.75) is 20.8 Å². The fourth-order valence-electron chi connectivity index (χ4n) is 3.45. The van der Waals surface area contributed by atoms with Crippen molar-refractivity contribution in [3.63, 3.8) is 0 Å². The van der Waals surface area contributed by atoms with Crippen molar-refractivity contribution in [1.29, 1.82) is 0 Å². The summed E-state index contributed by atoms with van der Waals surface area (Å²) in [5, 5.41) is 2.14. The third-order valence-electron chi connectivity index (χ3n) is 4.96. The Labute approximate surface area is 147 Å². The van der Waals surface area contributed by atoms with Crippen molar-refractivity contribution >= 4 is 27.6 Å². The van der Waals surface area contributed by atoms with Crippen LogP contribution in [0.4, 0.5) is 5.69 Å². The maximum absolute atomic E-state index is 7.22. The molecule has 0 aliphatic carbocycles. The number of hydrogen-bond acceptors (Lipinski definition) is 1. The summed E-state index contributed by atoms with van der Waals surface area (Å²) >= 11 is 0. The Kier molecular flexibility index (Phi) is 3.36. The second kappa shape index (κ2) is 5.46. The molecule has 2 aromatic carbocycles. The molecule has 0 atom stereocenters. The highest BCUT2D eigenvalue weighted by molar-refractivity contribution is 6.10. The van der Waals surface area contributed by atoms with E-state index in [1.54, 1.807) is 0 Å². The molecule has 0 spiro atoms. The predicted molar refractivity (Wildman–Crippen MR) is 101 cm³/mol. The third kappa shape index (κ3) is 2.30. The van der Waals surface area contributed by atoms with Crippen molar-refractivity contribution in [1.82, 2.24) is 0 Å². The number of rotatable bonds is 1. The summed E-state index contributed by atoms with van der Waals surface area (Å²) in [6.07, 6.45) is 2.16. The third-order valence-corrected chi connectivity index (χ3v) is 4.96. The van der Waals surface area contributed by atoms with Gasteiger partial charge in [-0.3, -0.25) is 0 Å². The Morgan fingerprint density at radius 2 is 1.68 bits per heavy atom. The molecule has 0 aliphatic heterocycles. The molecule has 0 fully saturated rings. The molecule has 0 amide bonds. The van der Waals surface area contributed by atoms with Crippen LogP contribution in [0.1, 0.15) is 16.7 Å². The molecule has 0 unspecified atom stereocenters. The lowest BCUT2D eigenvalue weighted by Gasteiger charge is -2.07.